The molecule has 0 atom stereocenters. The predicted molar refractivity (Wildman–Crippen MR) is 77.7 cm³/mol. The molecule has 1 aliphatic rings. The first-order valence-corrected chi connectivity index (χ1v) is 8.81. The lowest BCUT2D eigenvalue weighted by Crippen LogP contribution is -2.44. The summed E-state index contributed by atoms with van der Waals surface area (Å²) in [5, 5.41) is 5.89. The van der Waals surface area contributed by atoms with E-state index in [0.29, 0.717) is 26.2 Å². The van der Waals surface area contributed by atoms with Gasteiger partial charge in [-0.05, 0) is 19.8 Å². The fraction of sp³-hybridized carbons (Fsp3) is 0.727. The maximum atomic E-state index is 12.0. The molecule has 0 radical (unpaired) electrons. The predicted octanol–water partition coefficient (Wildman–Crippen LogP) is 1.18. The second-order valence-corrected chi connectivity index (χ2v) is 7.19. The third-order valence-corrected chi connectivity index (χ3v) is 5.49. The largest absolute Gasteiger partial charge is 0.360 e. The maximum Gasteiger partial charge on any atom is 0.279 e. The summed E-state index contributed by atoms with van der Waals surface area (Å²) in [6, 6.07) is 0. The van der Waals surface area contributed by atoms with E-state index in [9.17, 15) is 8.42 Å². The first-order valence-electron chi connectivity index (χ1n) is 6.49. The van der Waals surface area contributed by atoms with Crippen LogP contribution in [0.4, 0.5) is 5.13 Å². The van der Waals surface area contributed by atoms with Crippen LogP contribution in [0, 0.1) is 6.92 Å². The molecule has 2 rings (SSSR count). The lowest BCUT2D eigenvalue weighted by Gasteiger charge is -2.25. The van der Waals surface area contributed by atoms with Crippen LogP contribution >= 0.6 is 11.3 Å². The van der Waals surface area contributed by atoms with Crippen LogP contribution in [-0.4, -0.2) is 43.9 Å². The van der Waals surface area contributed by atoms with Crippen LogP contribution < -0.4 is 10.0 Å². The number of hydrogen-bond donors (Lipinski definition) is 2. The Hall–Kier alpha value is -0.700. The highest BCUT2D eigenvalue weighted by Gasteiger charge is 2.22. The normalized spacial score (nSPS) is 17.5. The molecule has 2 heterocycles. The first-order chi connectivity index (χ1) is 9.08. The molecule has 8 heteroatoms. The van der Waals surface area contributed by atoms with Crippen LogP contribution in [0.25, 0.3) is 0 Å². The Kier molecular flexibility index (Phi) is 5.14. The molecule has 1 saturated heterocycles. The van der Waals surface area contributed by atoms with Crippen molar-refractivity contribution in [3.05, 3.63) is 11.1 Å². The summed E-state index contributed by atoms with van der Waals surface area (Å²) < 4.78 is 28.1. The lowest BCUT2D eigenvalue weighted by atomic mass is 10.2. The number of hydrogen-bond acceptors (Lipinski definition) is 5. The molecule has 0 aliphatic carbocycles. The van der Waals surface area contributed by atoms with Gasteiger partial charge in [0.25, 0.3) is 10.2 Å². The Morgan fingerprint density at radius 3 is 2.68 bits per heavy atom. The minimum Gasteiger partial charge on any atom is -0.360 e. The molecule has 2 N–H and O–H groups in total. The van der Waals surface area contributed by atoms with Crippen molar-refractivity contribution in [2.24, 2.45) is 0 Å². The van der Waals surface area contributed by atoms with Gasteiger partial charge in [-0.1, -0.05) is 6.42 Å². The number of thiazole rings is 1. The zero-order chi connectivity index (χ0) is 13.7. The molecule has 0 aromatic carbocycles. The fourth-order valence-corrected chi connectivity index (χ4v) is 3.98. The summed E-state index contributed by atoms with van der Waals surface area (Å²) in [5.74, 6) is 0. The number of nitrogens with one attached hydrogen (secondary N) is 2. The molecule has 6 nitrogen and oxygen atoms in total. The van der Waals surface area contributed by atoms with E-state index in [1.54, 1.807) is 0 Å². The number of rotatable bonds is 6. The average molecular weight is 304 g/mol. The van der Waals surface area contributed by atoms with E-state index in [1.807, 2.05) is 12.3 Å². The molecule has 0 bridgehead atoms. The fourth-order valence-electron chi connectivity index (χ4n) is 1.98. The molecule has 1 fully saturated rings. The van der Waals surface area contributed by atoms with Crippen LogP contribution in [0.5, 0.6) is 0 Å². The Labute approximate surface area is 118 Å². The second-order valence-electron chi connectivity index (χ2n) is 4.58. The van der Waals surface area contributed by atoms with Crippen molar-refractivity contribution < 1.29 is 8.42 Å². The third-order valence-electron chi connectivity index (χ3n) is 2.96. The van der Waals surface area contributed by atoms with Crippen LogP contribution in [0.15, 0.2) is 5.38 Å². The standard InChI is InChI=1S/C11H20N4O2S2/c1-10-9-18-11(14-10)12-5-6-13-19(16,17)15-7-3-2-4-8-15/h9,13H,2-8H2,1H3,(H,12,14). The van der Waals surface area contributed by atoms with Crippen molar-refractivity contribution >= 4 is 26.7 Å². The summed E-state index contributed by atoms with van der Waals surface area (Å²) >= 11 is 1.53. The van der Waals surface area contributed by atoms with Gasteiger partial charge in [-0.3, -0.25) is 0 Å². The number of aromatic nitrogens is 1. The molecule has 0 saturated carbocycles. The van der Waals surface area contributed by atoms with Gasteiger partial charge in [0.05, 0.1) is 5.69 Å². The Morgan fingerprint density at radius 1 is 1.32 bits per heavy atom. The van der Waals surface area contributed by atoms with Crippen LogP contribution in [0.1, 0.15) is 25.0 Å². The van der Waals surface area contributed by atoms with Crippen LogP contribution in [0.3, 0.4) is 0 Å². The van der Waals surface area contributed by atoms with E-state index in [0.717, 1.165) is 30.1 Å². The summed E-state index contributed by atoms with van der Waals surface area (Å²) in [7, 11) is -3.31. The van der Waals surface area contributed by atoms with Gasteiger partial charge in [0.1, 0.15) is 0 Å². The Balaban J connectivity index is 1.72. The SMILES string of the molecule is Cc1csc(NCCNS(=O)(=O)N2CCCCC2)n1. The quantitative estimate of drug-likeness (QED) is 0.774. The van der Waals surface area contributed by atoms with Gasteiger partial charge in [-0.25, -0.2) is 9.71 Å². The van der Waals surface area contributed by atoms with Gasteiger partial charge in [0.15, 0.2) is 5.13 Å². The summed E-state index contributed by atoms with van der Waals surface area (Å²) in [4.78, 5) is 4.25. The van der Waals surface area contributed by atoms with E-state index in [-0.39, 0.29) is 0 Å². The zero-order valence-corrected chi connectivity index (χ0v) is 12.7. The molecule has 0 spiro atoms. The number of anilines is 1. The summed E-state index contributed by atoms with van der Waals surface area (Å²) in [5.41, 5.74) is 0.974. The maximum absolute atomic E-state index is 12.0. The van der Waals surface area contributed by atoms with Gasteiger partial charge >= 0.3 is 0 Å². The number of piperidine rings is 1. The minimum absolute atomic E-state index is 0.372. The van der Waals surface area contributed by atoms with E-state index < -0.39 is 10.2 Å². The molecule has 0 amide bonds. The molecule has 1 aliphatic heterocycles. The highest BCUT2D eigenvalue weighted by atomic mass is 32.2. The summed E-state index contributed by atoms with van der Waals surface area (Å²) in [6.07, 6.45) is 3.03. The van der Waals surface area contributed by atoms with Crippen molar-refractivity contribution in [3.8, 4) is 0 Å². The van der Waals surface area contributed by atoms with E-state index in [4.69, 9.17) is 0 Å². The highest BCUT2D eigenvalue weighted by Crippen LogP contribution is 2.14. The van der Waals surface area contributed by atoms with Crippen molar-refractivity contribution in [1.82, 2.24) is 14.0 Å². The van der Waals surface area contributed by atoms with Crippen LogP contribution in [-0.2, 0) is 10.2 Å². The molecule has 0 unspecified atom stereocenters. The van der Waals surface area contributed by atoms with E-state index in [2.05, 4.69) is 15.0 Å². The van der Waals surface area contributed by atoms with Gasteiger partial charge in [-0.2, -0.15) is 12.7 Å². The molecular formula is C11H20N4O2S2. The van der Waals surface area contributed by atoms with E-state index in [1.165, 1.54) is 15.6 Å². The van der Waals surface area contributed by atoms with E-state index >= 15 is 0 Å². The van der Waals surface area contributed by atoms with Gasteiger partial charge < -0.3 is 5.32 Å². The zero-order valence-electron chi connectivity index (χ0n) is 11.1. The minimum atomic E-state index is -3.31. The van der Waals surface area contributed by atoms with Crippen molar-refractivity contribution in [3.63, 3.8) is 0 Å². The highest BCUT2D eigenvalue weighted by molar-refractivity contribution is 7.87. The number of aryl methyl sites for hydroxylation is 1. The lowest BCUT2D eigenvalue weighted by molar-refractivity contribution is 0.342. The van der Waals surface area contributed by atoms with Crippen molar-refractivity contribution in [1.29, 1.82) is 0 Å². The molecule has 1 aromatic heterocycles. The van der Waals surface area contributed by atoms with Crippen molar-refractivity contribution in [2.75, 3.05) is 31.5 Å². The Bertz CT molecular complexity index is 495. The first kappa shape index (κ1) is 14.7. The third kappa shape index (κ3) is 4.41. The molecule has 108 valence electrons. The smallest absolute Gasteiger partial charge is 0.279 e. The molecule has 1 aromatic rings. The van der Waals surface area contributed by atoms with Gasteiger partial charge in [-0.15, -0.1) is 11.3 Å². The Morgan fingerprint density at radius 2 is 2.05 bits per heavy atom. The molecule has 19 heavy (non-hydrogen) atoms. The molecular weight excluding hydrogens is 284 g/mol. The number of nitrogens with zero attached hydrogens (tertiary/aromatic N) is 2. The monoisotopic (exact) mass is 304 g/mol. The van der Waals surface area contributed by atoms with Gasteiger partial charge in [0, 0.05) is 31.6 Å². The van der Waals surface area contributed by atoms with Crippen LogP contribution in [0.2, 0.25) is 0 Å². The van der Waals surface area contributed by atoms with Gasteiger partial charge in [0.2, 0.25) is 0 Å². The average Bonchev–Trinajstić information content (AvgIpc) is 2.82. The van der Waals surface area contributed by atoms with Crippen molar-refractivity contribution in [2.45, 2.75) is 26.2 Å². The summed E-state index contributed by atoms with van der Waals surface area (Å²) in [6.45, 7) is 4.11. The second kappa shape index (κ2) is 6.65. The topological polar surface area (TPSA) is 74.3 Å².